The molecule has 5 unspecified atom stereocenters. The fourth-order valence-corrected chi connectivity index (χ4v) is 3.28. The third-order valence-corrected chi connectivity index (χ3v) is 4.92. The van der Waals surface area contributed by atoms with E-state index in [0.29, 0.717) is 6.42 Å². The third-order valence-electron chi connectivity index (χ3n) is 4.92. The third kappa shape index (κ3) is 4.72. The predicted molar refractivity (Wildman–Crippen MR) is 103 cm³/mol. The Balaban J connectivity index is 1.83. The zero-order valence-corrected chi connectivity index (χ0v) is 16.0. The maximum atomic E-state index is 12.8. The van der Waals surface area contributed by atoms with Crippen LogP contribution in [0.1, 0.15) is 22.3 Å². The lowest BCUT2D eigenvalue weighted by Gasteiger charge is -2.39. The van der Waals surface area contributed by atoms with Crippen molar-refractivity contribution >= 4 is 5.78 Å². The maximum absolute atomic E-state index is 12.8. The fraction of sp³-hybridized carbons (Fsp3) is 0.381. The van der Waals surface area contributed by atoms with Gasteiger partial charge in [-0.2, -0.15) is 0 Å². The topological polar surface area (TPSA) is 157 Å². The molecule has 9 heteroatoms. The summed E-state index contributed by atoms with van der Waals surface area (Å²) >= 11 is 0. The first-order valence-electron chi connectivity index (χ1n) is 9.42. The molecular weight excluding hydrogens is 396 g/mol. The lowest BCUT2D eigenvalue weighted by Crippen LogP contribution is -2.60. The highest BCUT2D eigenvalue weighted by Gasteiger charge is 2.45. The van der Waals surface area contributed by atoms with Crippen LogP contribution >= 0.6 is 0 Å². The number of ether oxygens (including phenoxy) is 2. The Morgan fingerprint density at radius 3 is 2.37 bits per heavy atom. The Labute approximate surface area is 172 Å². The van der Waals surface area contributed by atoms with E-state index in [2.05, 4.69) is 0 Å². The van der Waals surface area contributed by atoms with Crippen molar-refractivity contribution in [2.24, 2.45) is 0 Å². The van der Waals surface area contributed by atoms with Gasteiger partial charge in [0, 0.05) is 18.6 Å². The van der Waals surface area contributed by atoms with E-state index in [1.807, 2.05) is 30.3 Å². The molecule has 5 atom stereocenters. The largest absolute Gasteiger partial charge is 0.508 e. The summed E-state index contributed by atoms with van der Waals surface area (Å²) in [6, 6.07) is 11.3. The van der Waals surface area contributed by atoms with Crippen molar-refractivity contribution < 1.29 is 44.9 Å². The average Bonchev–Trinajstić information content (AvgIpc) is 2.72. The van der Waals surface area contributed by atoms with Gasteiger partial charge in [0.1, 0.15) is 47.2 Å². The van der Waals surface area contributed by atoms with Crippen molar-refractivity contribution in [1.29, 1.82) is 0 Å². The minimum absolute atomic E-state index is 0.0351. The predicted octanol–water partition coefficient (Wildman–Crippen LogP) is 0.0920. The molecule has 6 N–H and O–H groups in total. The van der Waals surface area contributed by atoms with Gasteiger partial charge in [0.2, 0.25) is 6.29 Å². The summed E-state index contributed by atoms with van der Waals surface area (Å²) in [6.07, 6.45) is -7.30. The number of aromatic hydroxyl groups is 2. The number of aryl methyl sites for hydroxylation is 1. The maximum Gasteiger partial charge on any atom is 0.229 e. The highest BCUT2D eigenvalue weighted by molar-refractivity contribution is 6.01. The van der Waals surface area contributed by atoms with Gasteiger partial charge in [-0.1, -0.05) is 30.3 Å². The summed E-state index contributed by atoms with van der Waals surface area (Å²) in [6.45, 7) is -0.654. The minimum Gasteiger partial charge on any atom is -0.508 e. The molecule has 1 fully saturated rings. The van der Waals surface area contributed by atoms with Crippen LogP contribution in [0.5, 0.6) is 17.2 Å². The van der Waals surface area contributed by atoms with Gasteiger partial charge in [0.15, 0.2) is 5.78 Å². The Kier molecular flexibility index (Phi) is 6.91. The Bertz CT molecular complexity index is 868. The SMILES string of the molecule is O=C(CCc1ccccc1)c1c(O)cc(O)cc1OC1OC(CO)C(O)C(O)C1O. The minimum atomic E-state index is -1.71. The molecule has 2 aromatic rings. The van der Waals surface area contributed by atoms with Crippen LogP contribution < -0.4 is 4.74 Å². The Hall–Kier alpha value is -2.69. The van der Waals surface area contributed by atoms with Crippen LogP contribution in [0.3, 0.4) is 0 Å². The zero-order chi connectivity index (χ0) is 21.8. The number of phenols is 2. The zero-order valence-electron chi connectivity index (χ0n) is 16.0. The molecule has 1 saturated heterocycles. The number of aliphatic hydroxyl groups excluding tert-OH is 4. The van der Waals surface area contributed by atoms with Crippen LogP contribution in [-0.2, 0) is 11.2 Å². The second-order valence-electron chi connectivity index (χ2n) is 7.06. The van der Waals surface area contributed by atoms with Crippen molar-refractivity contribution in [1.82, 2.24) is 0 Å². The number of carbonyl (C=O) groups is 1. The van der Waals surface area contributed by atoms with E-state index in [0.717, 1.165) is 17.7 Å². The normalized spacial score (nSPS) is 26.3. The van der Waals surface area contributed by atoms with Crippen LogP contribution in [0.2, 0.25) is 0 Å². The summed E-state index contributed by atoms with van der Waals surface area (Å²) in [4.78, 5) is 12.8. The van der Waals surface area contributed by atoms with E-state index >= 15 is 0 Å². The summed E-state index contributed by atoms with van der Waals surface area (Å²) in [5.41, 5.74) is 0.696. The quantitative estimate of drug-likeness (QED) is 0.342. The lowest BCUT2D eigenvalue weighted by atomic mass is 9.99. The van der Waals surface area contributed by atoms with Crippen LogP contribution in [0.15, 0.2) is 42.5 Å². The molecule has 3 rings (SSSR count). The number of aliphatic hydroxyl groups is 4. The van der Waals surface area contributed by atoms with E-state index in [1.165, 1.54) is 0 Å². The number of carbonyl (C=O) groups excluding carboxylic acids is 1. The highest BCUT2D eigenvalue weighted by Crippen LogP contribution is 2.36. The number of phenolic OH excluding ortho intramolecular Hbond substituents is 2. The monoisotopic (exact) mass is 420 g/mol. The van der Waals surface area contributed by atoms with Crippen molar-refractivity contribution in [3.05, 3.63) is 53.6 Å². The van der Waals surface area contributed by atoms with E-state index in [1.54, 1.807) is 0 Å². The summed E-state index contributed by atoms with van der Waals surface area (Å²) < 4.78 is 10.8. The van der Waals surface area contributed by atoms with Gasteiger partial charge in [-0.3, -0.25) is 4.79 Å². The van der Waals surface area contributed by atoms with Gasteiger partial charge in [0.25, 0.3) is 0 Å². The standard InChI is InChI=1S/C21H24O9/c22-10-16-18(26)19(27)20(28)21(30-16)29-15-9-12(23)8-14(25)17(15)13(24)7-6-11-4-2-1-3-5-11/h1-5,8-9,16,18-23,25-28H,6-7,10H2. The second-order valence-corrected chi connectivity index (χ2v) is 7.06. The fourth-order valence-electron chi connectivity index (χ4n) is 3.28. The first kappa shape index (κ1) is 22.0. The van der Waals surface area contributed by atoms with Gasteiger partial charge in [0.05, 0.1) is 6.61 Å². The Morgan fingerprint density at radius 1 is 1.00 bits per heavy atom. The van der Waals surface area contributed by atoms with E-state index in [4.69, 9.17) is 9.47 Å². The highest BCUT2D eigenvalue weighted by atomic mass is 16.7. The number of Topliss-reactive ketones (excluding diaryl/α,β-unsaturated/α-hetero) is 1. The second kappa shape index (κ2) is 9.41. The molecule has 0 saturated carbocycles. The van der Waals surface area contributed by atoms with Gasteiger partial charge in [-0.15, -0.1) is 0 Å². The molecule has 0 amide bonds. The molecule has 0 aromatic heterocycles. The first-order chi connectivity index (χ1) is 14.3. The number of ketones is 1. The molecule has 30 heavy (non-hydrogen) atoms. The van der Waals surface area contributed by atoms with E-state index in [9.17, 15) is 35.4 Å². The molecule has 1 heterocycles. The molecule has 0 aliphatic carbocycles. The molecular formula is C21H24O9. The lowest BCUT2D eigenvalue weighted by molar-refractivity contribution is -0.277. The van der Waals surface area contributed by atoms with Crippen molar-refractivity contribution in [2.45, 2.75) is 43.5 Å². The Morgan fingerprint density at radius 2 is 1.70 bits per heavy atom. The molecule has 2 aromatic carbocycles. The van der Waals surface area contributed by atoms with Crippen molar-refractivity contribution in [3.8, 4) is 17.2 Å². The van der Waals surface area contributed by atoms with Crippen LogP contribution in [0.25, 0.3) is 0 Å². The molecule has 0 spiro atoms. The molecule has 1 aliphatic rings. The molecule has 0 radical (unpaired) electrons. The number of hydrogen-bond donors (Lipinski definition) is 6. The smallest absolute Gasteiger partial charge is 0.229 e. The van der Waals surface area contributed by atoms with Gasteiger partial charge >= 0.3 is 0 Å². The van der Waals surface area contributed by atoms with Crippen molar-refractivity contribution in [3.63, 3.8) is 0 Å². The van der Waals surface area contributed by atoms with Gasteiger partial charge < -0.3 is 40.1 Å². The van der Waals surface area contributed by atoms with Gasteiger partial charge in [-0.25, -0.2) is 0 Å². The first-order valence-corrected chi connectivity index (χ1v) is 9.42. The molecule has 1 aliphatic heterocycles. The average molecular weight is 420 g/mol. The summed E-state index contributed by atoms with van der Waals surface area (Å²) in [5, 5.41) is 59.3. The molecule has 162 valence electrons. The van der Waals surface area contributed by atoms with Gasteiger partial charge in [-0.05, 0) is 12.0 Å². The molecule has 9 nitrogen and oxygen atoms in total. The molecule has 0 bridgehead atoms. The summed E-state index contributed by atoms with van der Waals surface area (Å²) in [5.74, 6) is -1.66. The number of rotatable bonds is 7. The van der Waals surface area contributed by atoms with E-state index < -0.39 is 54.6 Å². The summed E-state index contributed by atoms with van der Waals surface area (Å²) in [7, 11) is 0. The number of benzene rings is 2. The number of hydrogen-bond acceptors (Lipinski definition) is 9. The van der Waals surface area contributed by atoms with Crippen LogP contribution in [-0.4, -0.2) is 73.7 Å². The van der Waals surface area contributed by atoms with Crippen LogP contribution in [0.4, 0.5) is 0 Å². The van der Waals surface area contributed by atoms with E-state index in [-0.39, 0.29) is 17.7 Å². The van der Waals surface area contributed by atoms with Crippen LogP contribution in [0, 0.1) is 0 Å². The van der Waals surface area contributed by atoms with Crippen molar-refractivity contribution in [2.75, 3.05) is 6.61 Å².